The van der Waals surface area contributed by atoms with Crippen LogP contribution in [0.2, 0.25) is 0 Å². The molecular weight excluding hydrogens is 1120 g/mol. The van der Waals surface area contributed by atoms with Crippen LogP contribution >= 0.6 is 15.9 Å². The van der Waals surface area contributed by atoms with Crippen molar-refractivity contribution in [3.63, 3.8) is 0 Å². The molecule has 1 saturated heterocycles. The summed E-state index contributed by atoms with van der Waals surface area (Å²) in [6.45, 7) is 32.3. The number of epoxide rings is 1. The summed E-state index contributed by atoms with van der Waals surface area (Å²) < 4.78 is 107. The summed E-state index contributed by atoms with van der Waals surface area (Å²) in [4.78, 5) is 47.8. The number of unbranched alkanes of at least 4 members (excludes halogenated alkanes) is 3. The van der Waals surface area contributed by atoms with Gasteiger partial charge in [0.1, 0.15) is 12.2 Å². The summed E-state index contributed by atoms with van der Waals surface area (Å²) in [5, 5.41) is 29.7. The van der Waals surface area contributed by atoms with Gasteiger partial charge in [0.2, 0.25) is 0 Å². The van der Waals surface area contributed by atoms with Gasteiger partial charge in [-0.2, -0.15) is 0 Å². The molecular formula is C65H124Br2MgO10. The quantitative estimate of drug-likeness (QED) is 0.0192. The molecule has 0 aromatic rings. The maximum absolute atomic E-state index is 12.4. The smallest absolute Gasteiger partial charge is 1.00 e. The zero-order valence-electron chi connectivity index (χ0n) is 67.2. The molecule has 8 bridgehead atoms. The van der Waals surface area contributed by atoms with Gasteiger partial charge in [-0.1, -0.05) is 81.8 Å². The average Bonchev–Trinajstić information content (AvgIpc) is 1.59. The number of carbonyl (C=O) groups is 4. The topological polar surface area (TPSA) is 160 Å². The van der Waals surface area contributed by atoms with Crippen molar-refractivity contribution in [1.29, 1.82) is 0 Å². The monoisotopic (exact) mass is 1270 g/mol. The number of halogens is 2. The van der Waals surface area contributed by atoms with E-state index in [2.05, 4.69) is 55.7 Å². The van der Waals surface area contributed by atoms with E-state index in [0.29, 0.717) is 47.3 Å². The number of rotatable bonds is 21. The third-order valence-corrected chi connectivity index (χ3v) is 19.4. The molecule has 1 heterocycles. The van der Waals surface area contributed by atoms with Crippen molar-refractivity contribution in [3.05, 3.63) is 70.2 Å². The minimum Gasteiger partial charge on any atom is -1.00 e. The number of fused-ring (bicyclic) bond motifs is 11. The van der Waals surface area contributed by atoms with Gasteiger partial charge in [-0.05, 0) is 211 Å². The van der Waals surface area contributed by atoms with E-state index in [4.69, 9.17) is 40.9 Å². The number of carboxylic acids is 2. The first kappa shape index (κ1) is 57.9. The molecule has 9 rings (SSSR count). The van der Waals surface area contributed by atoms with E-state index in [-0.39, 0.29) is 84.6 Å². The van der Waals surface area contributed by atoms with Crippen LogP contribution in [0.1, 0.15) is 217 Å². The molecule has 3 N–H and O–H groups in total. The van der Waals surface area contributed by atoms with Crippen molar-refractivity contribution in [3.8, 4) is 0 Å². The number of hydrogen-bond donors (Lipinski definition) is 3. The van der Waals surface area contributed by atoms with Crippen molar-refractivity contribution in [2.45, 2.75) is 220 Å². The Hall–Kier alpha value is -1.90. The van der Waals surface area contributed by atoms with Crippen LogP contribution in [0.25, 0.3) is 0 Å². The summed E-state index contributed by atoms with van der Waals surface area (Å²) in [7, 11) is 0. The Kier molecular flexibility index (Phi) is 26.2. The molecule has 0 amide bonds. The Morgan fingerprint density at radius 3 is 1.17 bits per heavy atom. The number of allylic oxidation sites excluding steroid dienone is 5. The SMILES string of the molecule is C1C[C@@H]2C[C@H]1[C@H]1O[C@@H]21.C=CCBr.C=CCCC[C@@H]1[C@@H]2CC[C@@H](C2)[C@@H]1OC(=O)C[C@H](C(=O)O)C(C)(C)C.C=CCCC[C@@H]1[C@@H]2CC[C@@H](C2)[C@H]1O.C=CCCC[C@H]1[C@H]2CC[C@H](C2)[C@@H]1OC(=O)C[C@H](C(=O)O)C(C)(C)C.C=C[CH2-].[2HH].[2H][2H].[2H][2H].[2H][2H].[2H][2H].[2H][2H].[2H][2H].[2H][2H].[2H][2H].[2H][2H].[Br-].[Mg+2]. The van der Waals surface area contributed by atoms with E-state index in [9.17, 15) is 34.5 Å². The Bertz CT molecular complexity index is 1840. The van der Waals surface area contributed by atoms with E-state index >= 15 is 0 Å². The second-order valence-corrected chi connectivity index (χ2v) is 26.7. The van der Waals surface area contributed by atoms with Gasteiger partial charge in [-0.25, -0.2) is 19.6 Å². The first-order valence-corrected chi connectivity index (χ1v) is 30.8. The Balaban J connectivity index is -0.000000140. The molecule has 13 heteroatoms. The largest absolute Gasteiger partial charge is 2.00 e. The maximum atomic E-state index is 12.4. The fourth-order valence-corrected chi connectivity index (χ4v) is 15.0. The fourth-order valence-electron chi connectivity index (χ4n) is 15.0. The molecule has 18 atom stereocenters. The van der Waals surface area contributed by atoms with Crippen molar-refractivity contribution >= 4 is 62.9 Å². The Morgan fingerprint density at radius 2 is 0.885 bits per heavy atom. The van der Waals surface area contributed by atoms with Crippen LogP contribution in [-0.4, -0.2) is 98.1 Å². The third-order valence-electron chi connectivity index (χ3n) is 19.0. The number of esters is 2. The number of aliphatic hydroxyl groups is 1. The molecule has 0 unspecified atom stereocenters. The van der Waals surface area contributed by atoms with E-state index < -0.39 is 34.6 Å². The van der Waals surface area contributed by atoms with Gasteiger partial charge in [0, 0.05) is 33.5 Å². The molecule has 1 aliphatic heterocycles. The van der Waals surface area contributed by atoms with E-state index in [1.54, 1.807) is 6.08 Å². The van der Waals surface area contributed by atoms with Gasteiger partial charge < -0.3 is 46.5 Å². The molecule has 0 spiro atoms. The van der Waals surface area contributed by atoms with Crippen molar-refractivity contribution in [2.75, 3.05) is 5.33 Å². The van der Waals surface area contributed by atoms with Crippen LogP contribution in [0.5, 0.6) is 0 Å². The molecule has 0 aromatic heterocycles. The molecule has 10 nitrogen and oxygen atoms in total. The second kappa shape index (κ2) is 35.3. The number of aliphatic carboxylic acids is 2. The number of alkyl halides is 1. The van der Waals surface area contributed by atoms with Gasteiger partial charge in [0.15, 0.2) is 0 Å². The summed E-state index contributed by atoms with van der Waals surface area (Å²) in [5.41, 5.74) is -0.911. The van der Waals surface area contributed by atoms with Gasteiger partial charge in [0.05, 0.1) is 43.0 Å². The fraction of sp³-hybridized carbons (Fsp3) is 0.769. The van der Waals surface area contributed by atoms with Crippen LogP contribution in [0.4, 0.5) is 0 Å². The normalized spacial score (nSPS) is 33.8. The number of carbonyl (C=O) groups excluding carboxylic acids is 2. The van der Waals surface area contributed by atoms with Crippen LogP contribution in [0, 0.1) is 94.7 Å². The van der Waals surface area contributed by atoms with Crippen LogP contribution in [0.3, 0.4) is 0 Å². The number of ether oxygens (including phenoxy) is 3. The number of aliphatic hydroxyl groups excluding tert-OH is 1. The zero-order chi connectivity index (χ0) is 74.3. The molecule has 8 aliphatic carbocycles. The molecule has 8 saturated carbocycles. The average molecular weight is 1270 g/mol. The standard InChI is InChI=1S/2C20H32O4.C12H20O.C7H10O.C3H5Br.C3H5.BrH.Mg.10H2/c2*1-5-6-7-8-15-13-9-10-14(11-13)18(15)24-17(21)12-16(19(22)23)20(2,3)4;1-2-3-4-5-11-9-6-7-10(8-9)12(11)13;1-2-5-3-4(1)6-7(5)8-6;1-2-3-4;1-3-2;;;;;;;;;;;;/h2*5,13-16,18H,1,6-12H2,2-4H3,(H,22,23);2,9-13H,1,3-8H2;4-7H,1-3H2;2H,1,3H2;3H,1-2H2;1H;;10*1H/q;;;;;-1;;+2;;;;;;;;;;/p-1/t13-,14+,15-,16+,18-;13-,14+,15-,16-,18+;9-,10+,11-,12-;4-,5+,6+,7-;;;;;;;;;;;;;;/m011.............../s1/i;;;;;;;;9*1+1D;1+1. The predicted molar refractivity (Wildman–Crippen MR) is 337 cm³/mol. The van der Waals surface area contributed by atoms with E-state index in [1.807, 2.05) is 59.8 Å². The van der Waals surface area contributed by atoms with Crippen LogP contribution in [0.15, 0.2) is 63.3 Å². The van der Waals surface area contributed by atoms with Gasteiger partial charge in [-0.3, -0.25) is 19.2 Å². The number of carboxylic acid groups (broad SMARTS) is 2. The van der Waals surface area contributed by atoms with Gasteiger partial charge in [-0.15, -0.1) is 26.3 Å². The van der Waals surface area contributed by atoms with Crippen LogP contribution in [-0.2, 0) is 33.4 Å². The Labute approximate surface area is 537 Å². The predicted octanol–water partition coefficient (Wildman–Crippen LogP) is 14.5. The van der Waals surface area contributed by atoms with Crippen LogP contribution < -0.4 is 17.0 Å². The molecule has 0 aromatic carbocycles. The van der Waals surface area contributed by atoms with Crippen molar-refractivity contribution < 1.29 is 93.8 Å². The van der Waals surface area contributed by atoms with Crippen molar-refractivity contribution in [2.24, 2.45) is 87.8 Å². The summed E-state index contributed by atoms with van der Waals surface area (Å²) in [6, 6.07) is 0. The molecule has 9 aliphatic rings. The minimum absolute atomic E-state index is 0. The molecule has 78 heavy (non-hydrogen) atoms. The first-order chi connectivity index (χ1) is 45.1. The summed E-state index contributed by atoms with van der Waals surface area (Å²) in [6.07, 6.45) is 36.0. The van der Waals surface area contributed by atoms with E-state index in [1.165, 1.54) is 83.1 Å². The van der Waals surface area contributed by atoms with Gasteiger partial charge in [0.25, 0.3) is 0 Å². The number of hydrogen-bond acceptors (Lipinski definition) is 8. The Morgan fingerprint density at radius 1 is 0.590 bits per heavy atom. The van der Waals surface area contributed by atoms with Crippen molar-refractivity contribution in [1.82, 2.24) is 0 Å². The molecule has 460 valence electrons. The molecule has 0 radical (unpaired) electrons. The zero-order valence-corrected chi connectivity index (χ0v) is 53.7. The second-order valence-electron chi connectivity index (χ2n) is 26.1. The maximum Gasteiger partial charge on any atom is 2.00 e. The summed E-state index contributed by atoms with van der Waals surface area (Å²) >= 11 is 3.13. The summed E-state index contributed by atoms with van der Waals surface area (Å²) in [5.74, 6) is 3.37. The molecule has 9 fully saturated rings. The van der Waals surface area contributed by atoms with E-state index in [0.717, 1.165) is 93.1 Å². The third kappa shape index (κ3) is 21.4. The first-order valence-electron chi connectivity index (χ1n) is 38.7. The minimum atomic E-state index is -0.921. The van der Waals surface area contributed by atoms with Gasteiger partial charge >= 0.3 is 46.9 Å².